The first-order chi connectivity index (χ1) is 5.79. The van der Waals surface area contributed by atoms with Crippen LogP contribution in [0.5, 0.6) is 0 Å². The van der Waals surface area contributed by atoms with Crippen molar-refractivity contribution in [2.75, 3.05) is 6.61 Å². The molecule has 1 saturated carbocycles. The molecule has 1 N–H and O–H groups in total. The normalized spacial score (nSPS) is 33.2. The maximum Gasteiger partial charge on any atom is 0.0462 e. The third kappa shape index (κ3) is 2.22. The van der Waals surface area contributed by atoms with Gasteiger partial charge in [-0.05, 0) is 30.6 Å². The molecule has 0 heterocycles. The zero-order chi connectivity index (χ0) is 8.97. The van der Waals surface area contributed by atoms with Crippen LogP contribution in [0.15, 0.2) is 0 Å². The molecular weight excluding hydrogens is 148 g/mol. The first-order valence-corrected chi connectivity index (χ1v) is 5.40. The second kappa shape index (κ2) is 4.86. The van der Waals surface area contributed by atoms with Crippen molar-refractivity contribution in [1.82, 2.24) is 0 Å². The summed E-state index contributed by atoms with van der Waals surface area (Å²) >= 11 is 0. The molecule has 0 aromatic rings. The van der Waals surface area contributed by atoms with Gasteiger partial charge < -0.3 is 5.11 Å². The molecule has 1 aliphatic carbocycles. The van der Waals surface area contributed by atoms with Crippen molar-refractivity contribution in [1.29, 1.82) is 0 Å². The molecule has 1 aliphatic rings. The highest BCUT2D eigenvalue weighted by Gasteiger charge is 2.27. The third-order valence-electron chi connectivity index (χ3n) is 3.58. The minimum Gasteiger partial charge on any atom is -0.396 e. The minimum atomic E-state index is 0.412. The molecule has 3 unspecified atom stereocenters. The van der Waals surface area contributed by atoms with Crippen LogP contribution in [0, 0.1) is 17.8 Å². The molecule has 1 nitrogen and oxygen atoms in total. The van der Waals surface area contributed by atoms with Gasteiger partial charge in [-0.3, -0.25) is 0 Å². The van der Waals surface area contributed by atoms with Crippen LogP contribution in [0.4, 0.5) is 0 Å². The van der Waals surface area contributed by atoms with Gasteiger partial charge in [0.05, 0.1) is 0 Å². The van der Waals surface area contributed by atoms with E-state index in [-0.39, 0.29) is 0 Å². The fourth-order valence-electron chi connectivity index (χ4n) is 2.51. The standard InChI is InChI=1S/C11H22O/c1-3-9(2)11-7-5-4-6-10(11)8-12/h9-12H,3-8H2,1-2H3. The molecule has 0 amide bonds. The Morgan fingerprint density at radius 1 is 1.33 bits per heavy atom. The van der Waals surface area contributed by atoms with Gasteiger partial charge in [0.1, 0.15) is 0 Å². The van der Waals surface area contributed by atoms with Gasteiger partial charge >= 0.3 is 0 Å². The van der Waals surface area contributed by atoms with Gasteiger partial charge in [-0.2, -0.15) is 0 Å². The molecule has 0 spiro atoms. The van der Waals surface area contributed by atoms with E-state index in [0.717, 1.165) is 11.8 Å². The van der Waals surface area contributed by atoms with Gasteiger partial charge in [0.25, 0.3) is 0 Å². The first-order valence-electron chi connectivity index (χ1n) is 5.40. The number of hydrogen-bond donors (Lipinski definition) is 1. The molecule has 0 aromatic heterocycles. The topological polar surface area (TPSA) is 20.2 Å². The van der Waals surface area contributed by atoms with E-state index >= 15 is 0 Å². The Labute approximate surface area is 76.2 Å². The fraction of sp³-hybridized carbons (Fsp3) is 1.00. The van der Waals surface area contributed by atoms with E-state index in [1.165, 1.54) is 32.1 Å². The number of aliphatic hydroxyl groups excluding tert-OH is 1. The van der Waals surface area contributed by atoms with Crippen molar-refractivity contribution in [3.8, 4) is 0 Å². The van der Waals surface area contributed by atoms with E-state index in [4.69, 9.17) is 0 Å². The van der Waals surface area contributed by atoms with Gasteiger partial charge in [-0.15, -0.1) is 0 Å². The summed E-state index contributed by atoms with van der Waals surface area (Å²) in [6, 6.07) is 0. The van der Waals surface area contributed by atoms with Crippen LogP contribution >= 0.6 is 0 Å². The van der Waals surface area contributed by atoms with Crippen LogP contribution in [-0.2, 0) is 0 Å². The lowest BCUT2D eigenvalue weighted by Crippen LogP contribution is -2.27. The summed E-state index contributed by atoms with van der Waals surface area (Å²) in [5.41, 5.74) is 0. The predicted molar refractivity (Wildman–Crippen MR) is 52.0 cm³/mol. The second-order valence-corrected chi connectivity index (χ2v) is 4.28. The molecular formula is C11H22O. The van der Waals surface area contributed by atoms with Crippen LogP contribution in [0.25, 0.3) is 0 Å². The van der Waals surface area contributed by atoms with E-state index in [9.17, 15) is 5.11 Å². The molecule has 12 heavy (non-hydrogen) atoms. The highest BCUT2D eigenvalue weighted by atomic mass is 16.3. The van der Waals surface area contributed by atoms with E-state index in [0.29, 0.717) is 12.5 Å². The summed E-state index contributed by atoms with van der Waals surface area (Å²) in [5, 5.41) is 9.21. The van der Waals surface area contributed by atoms with Gasteiger partial charge in [0, 0.05) is 6.61 Å². The fourth-order valence-corrected chi connectivity index (χ4v) is 2.51. The minimum absolute atomic E-state index is 0.412. The van der Waals surface area contributed by atoms with Gasteiger partial charge in [0.15, 0.2) is 0 Å². The van der Waals surface area contributed by atoms with Crippen LogP contribution < -0.4 is 0 Å². The zero-order valence-electron chi connectivity index (χ0n) is 8.42. The van der Waals surface area contributed by atoms with Crippen molar-refractivity contribution >= 4 is 0 Å². The quantitative estimate of drug-likeness (QED) is 0.690. The summed E-state index contributed by atoms with van der Waals surface area (Å²) in [7, 11) is 0. The number of aliphatic hydroxyl groups is 1. The van der Waals surface area contributed by atoms with Crippen LogP contribution in [0.3, 0.4) is 0 Å². The lowest BCUT2D eigenvalue weighted by Gasteiger charge is -2.34. The molecule has 0 aromatic carbocycles. The van der Waals surface area contributed by atoms with Crippen molar-refractivity contribution < 1.29 is 5.11 Å². The van der Waals surface area contributed by atoms with E-state index in [1.54, 1.807) is 0 Å². The highest BCUT2D eigenvalue weighted by molar-refractivity contribution is 4.78. The van der Waals surface area contributed by atoms with Gasteiger partial charge in [-0.25, -0.2) is 0 Å². The summed E-state index contributed by atoms with van der Waals surface area (Å²) in [5.74, 6) is 2.21. The molecule has 72 valence electrons. The maximum atomic E-state index is 9.21. The van der Waals surface area contributed by atoms with Gasteiger partial charge in [-0.1, -0.05) is 33.1 Å². The van der Waals surface area contributed by atoms with Gasteiger partial charge in [0.2, 0.25) is 0 Å². The summed E-state index contributed by atoms with van der Waals surface area (Å²) in [4.78, 5) is 0. The average molecular weight is 170 g/mol. The highest BCUT2D eigenvalue weighted by Crippen LogP contribution is 2.35. The van der Waals surface area contributed by atoms with Crippen LogP contribution in [0.1, 0.15) is 46.0 Å². The van der Waals surface area contributed by atoms with E-state index < -0.39 is 0 Å². The first kappa shape index (κ1) is 10.0. The molecule has 0 saturated heterocycles. The molecule has 0 aliphatic heterocycles. The summed E-state index contributed by atoms with van der Waals surface area (Å²) in [6.45, 7) is 5.00. The summed E-state index contributed by atoms with van der Waals surface area (Å²) in [6.07, 6.45) is 6.58. The summed E-state index contributed by atoms with van der Waals surface area (Å²) < 4.78 is 0. The molecule has 1 heteroatoms. The Hall–Kier alpha value is -0.0400. The zero-order valence-corrected chi connectivity index (χ0v) is 8.42. The molecule has 1 rings (SSSR count). The maximum absolute atomic E-state index is 9.21. The van der Waals surface area contributed by atoms with E-state index in [2.05, 4.69) is 13.8 Å². The van der Waals surface area contributed by atoms with Crippen molar-refractivity contribution in [2.45, 2.75) is 46.0 Å². The smallest absolute Gasteiger partial charge is 0.0462 e. The number of rotatable bonds is 3. The van der Waals surface area contributed by atoms with Crippen LogP contribution in [-0.4, -0.2) is 11.7 Å². The SMILES string of the molecule is CCC(C)C1CCCCC1CO. The Balaban J connectivity index is 2.46. The Kier molecular flexibility index (Phi) is 4.07. The monoisotopic (exact) mass is 170 g/mol. The third-order valence-corrected chi connectivity index (χ3v) is 3.58. The molecule has 0 radical (unpaired) electrons. The number of hydrogen-bond acceptors (Lipinski definition) is 1. The molecule has 3 atom stereocenters. The Morgan fingerprint density at radius 2 is 2.00 bits per heavy atom. The lowest BCUT2D eigenvalue weighted by molar-refractivity contribution is 0.0988. The largest absolute Gasteiger partial charge is 0.396 e. The lowest BCUT2D eigenvalue weighted by atomic mass is 9.72. The van der Waals surface area contributed by atoms with Crippen LogP contribution in [0.2, 0.25) is 0 Å². The van der Waals surface area contributed by atoms with Crippen molar-refractivity contribution in [3.05, 3.63) is 0 Å². The van der Waals surface area contributed by atoms with Crippen molar-refractivity contribution in [2.24, 2.45) is 17.8 Å². The second-order valence-electron chi connectivity index (χ2n) is 4.28. The molecule has 1 fully saturated rings. The average Bonchev–Trinajstić information content (AvgIpc) is 2.16. The van der Waals surface area contributed by atoms with Crippen molar-refractivity contribution in [3.63, 3.8) is 0 Å². The Bertz CT molecular complexity index is 122. The van der Waals surface area contributed by atoms with E-state index in [1.807, 2.05) is 0 Å². The predicted octanol–water partition coefficient (Wildman–Crippen LogP) is 2.83. The Morgan fingerprint density at radius 3 is 2.58 bits per heavy atom. The molecule has 0 bridgehead atoms.